The highest BCUT2D eigenvalue weighted by atomic mass is 79.9. The number of halogens is 1. The van der Waals surface area contributed by atoms with E-state index in [2.05, 4.69) is 26.5 Å². The van der Waals surface area contributed by atoms with Crippen LogP contribution in [0.1, 0.15) is 11.1 Å². The molecule has 0 atom stereocenters. The number of rotatable bonds is 4. The van der Waals surface area contributed by atoms with E-state index in [0.717, 1.165) is 11.3 Å². The van der Waals surface area contributed by atoms with Crippen molar-refractivity contribution in [1.82, 2.24) is 0 Å². The van der Waals surface area contributed by atoms with E-state index < -0.39 is 0 Å². The van der Waals surface area contributed by atoms with E-state index >= 15 is 0 Å². The zero-order valence-corrected chi connectivity index (χ0v) is 12.8. The van der Waals surface area contributed by atoms with Gasteiger partial charge in [-0.3, -0.25) is 5.43 Å². The average Bonchev–Trinajstić information content (AvgIpc) is 2.42. The number of benzene rings is 2. The quantitative estimate of drug-likeness (QED) is 0.658. The van der Waals surface area contributed by atoms with Crippen molar-refractivity contribution in [3.8, 4) is 11.5 Å². The van der Waals surface area contributed by atoms with Gasteiger partial charge >= 0.3 is 0 Å². The molecule has 0 aromatic heterocycles. The molecule has 0 amide bonds. The van der Waals surface area contributed by atoms with E-state index in [9.17, 15) is 5.11 Å². The van der Waals surface area contributed by atoms with Gasteiger partial charge in [-0.1, -0.05) is 12.1 Å². The van der Waals surface area contributed by atoms with Crippen molar-refractivity contribution in [2.75, 3.05) is 12.5 Å². The van der Waals surface area contributed by atoms with Crippen LogP contribution in [0.2, 0.25) is 0 Å². The number of nitrogens with one attached hydrogen (secondary N) is 1. The maximum Gasteiger partial charge on any atom is 0.172 e. The third-order valence-electron chi connectivity index (χ3n) is 2.70. The minimum absolute atomic E-state index is 0.0799. The summed E-state index contributed by atoms with van der Waals surface area (Å²) in [6.45, 7) is 2.02. The fourth-order valence-corrected chi connectivity index (χ4v) is 2.18. The first-order valence-corrected chi connectivity index (χ1v) is 6.81. The normalized spacial score (nSPS) is 10.8. The minimum atomic E-state index is 0.0799. The number of nitrogens with zero attached hydrogens (tertiary/aromatic N) is 1. The van der Waals surface area contributed by atoms with Gasteiger partial charge in [0.2, 0.25) is 0 Å². The number of methoxy groups -OCH3 is 1. The van der Waals surface area contributed by atoms with Gasteiger partial charge < -0.3 is 9.84 Å². The smallest absolute Gasteiger partial charge is 0.172 e. The van der Waals surface area contributed by atoms with E-state index in [1.807, 2.05) is 31.2 Å². The number of hydrogen-bond acceptors (Lipinski definition) is 4. The van der Waals surface area contributed by atoms with Crippen molar-refractivity contribution < 1.29 is 9.84 Å². The third kappa shape index (κ3) is 3.51. The molecule has 20 heavy (non-hydrogen) atoms. The molecule has 4 nitrogen and oxygen atoms in total. The van der Waals surface area contributed by atoms with E-state index in [4.69, 9.17) is 4.74 Å². The fraction of sp³-hybridized carbons (Fsp3) is 0.133. The van der Waals surface area contributed by atoms with Gasteiger partial charge in [-0.25, -0.2) is 0 Å². The van der Waals surface area contributed by atoms with Crippen molar-refractivity contribution in [3.05, 3.63) is 52.0 Å². The van der Waals surface area contributed by atoms with Gasteiger partial charge in [-0.05, 0) is 58.2 Å². The van der Waals surface area contributed by atoms with Crippen LogP contribution in [0.4, 0.5) is 5.69 Å². The summed E-state index contributed by atoms with van der Waals surface area (Å²) in [6.07, 6.45) is 1.66. The Hall–Kier alpha value is -2.01. The van der Waals surface area contributed by atoms with Gasteiger partial charge in [0.05, 0.1) is 23.5 Å². The van der Waals surface area contributed by atoms with Crippen molar-refractivity contribution >= 4 is 27.8 Å². The summed E-state index contributed by atoms with van der Waals surface area (Å²) in [7, 11) is 1.51. The van der Waals surface area contributed by atoms with Crippen LogP contribution in [-0.2, 0) is 0 Å². The molecule has 0 saturated heterocycles. The maximum atomic E-state index is 9.72. The molecule has 0 aliphatic carbocycles. The second kappa shape index (κ2) is 6.43. The van der Waals surface area contributed by atoms with E-state index in [1.165, 1.54) is 12.7 Å². The summed E-state index contributed by atoms with van der Waals surface area (Å²) in [5, 5.41) is 13.9. The summed E-state index contributed by atoms with van der Waals surface area (Å²) in [4.78, 5) is 0. The number of anilines is 1. The molecule has 104 valence electrons. The van der Waals surface area contributed by atoms with Gasteiger partial charge in [0.15, 0.2) is 11.5 Å². The number of phenols is 1. The van der Waals surface area contributed by atoms with Crippen LogP contribution in [0, 0.1) is 6.92 Å². The third-order valence-corrected chi connectivity index (χ3v) is 3.30. The molecule has 0 aliphatic rings. The van der Waals surface area contributed by atoms with Crippen molar-refractivity contribution in [3.63, 3.8) is 0 Å². The Bertz CT molecular complexity index is 642. The highest BCUT2D eigenvalue weighted by molar-refractivity contribution is 9.10. The lowest BCUT2D eigenvalue weighted by Crippen LogP contribution is -1.92. The Morgan fingerprint density at radius 2 is 2.10 bits per heavy atom. The van der Waals surface area contributed by atoms with Crippen LogP contribution < -0.4 is 10.2 Å². The summed E-state index contributed by atoms with van der Waals surface area (Å²) >= 11 is 3.27. The van der Waals surface area contributed by atoms with Gasteiger partial charge in [-0.15, -0.1) is 0 Å². The Kier molecular flexibility index (Phi) is 4.63. The van der Waals surface area contributed by atoms with Gasteiger partial charge in [0.25, 0.3) is 0 Å². The minimum Gasteiger partial charge on any atom is -0.503 e. The monoisotopic (exact) mass is 334 g/mol. The standard InChI is InChI=1S/C15H15BrN2O2/c1-10-4-3-5-12(6-10)18-17-9-11-7-13(16)15(19)14(8-11)20-2/h3-9,18-19H,1-2H3/b17-9+. The summed E-state index contributed by atoms with van der Waals surface area (Å²) in [6, 6.07) is 11.4. The Labute approximate surface area is 126 Å². The topological polar surface area (TPSA) is 53.8 Å². The van der Waals surface area contributed by atoms with Crippen LogP contribution in [0.15, 0.2) is 46.0 Å². The number of phenolic OH excluding ortho intramolecular Hbond substituents is 1. The molecule has 0 bridgehead atoms. The highest BCUT2D eigenvalue weighted by Gasteiger charge is 2.07. The van der Waals surface area contributed by atoms with Gasteiger partial charge in [0, 0.05) is 0 Å². The fourth-order valence-electron chi connectivity index (χ4n) is 1.72. The number of hydrazone groups is 1. The first-order chi connectivity index (χ1) is 9.60. The second-order valence-corrected chi connectivity index (χ2v) is 5.15. The lowest BCUT2D eigenvalue weighted by Gasteiger charge is -2.06. The van der Waals surface area contributed by atoms with Crippen LogP contribution in [-0.4, -0.2) is 18.4 Å². The zero-order chi connectivity index (χ0) is 14.5. The highest BCUT2D eigenvalue weighted by Crippen LogP contribution is 2.34. The molecule has 0 heterocycles. The second-order valence-electron chi connectivity index (χ2n) is 4.29. The molecular formula is C15H15BrN2O2. The van der Waals surface area contributed by atoms with Crippen LogP contribution in [0.3, 0.4) is 0 Å². The van der Waals surface area contributed by atoms with Crippen molar-refractivity contribution in [2.45, 2.75) is 6.92 Å². The summed E-state index contributed by atoms with van der Waals surface area (Å²) in [5.74, 6) is 0.479. The van der Waals surface area contributed by atoms with Crippen molar-refractivity contribution in [2.24, 2.45) is 5.10 Å². The first kappa shape index (κ1) is 14.4. The molecule has 0 unspecified atom stereocenters. The van der Waals surface area contributed by atoms with E-state index in [-0.39, 0.29) is 5.75 Å². The Morgan fingerprint density at radius 1 is 1.30 bits per heavy atom. The van der Waals surface area contributed by atoms with Crippen LogP contribution in [0.25, 0.3) is 0 Å². The predicted octanol–water partition coefficient (Wildman–Crippen LogP) is 3.92. The summed E-state index contributed by atoms with van der Waals surface area (Å²) < 4.78 is 5.65. The Morgan fingerprint density at radius 3 is 2.80 bits per heavy atom. The van der Waals surface area contributed by atoms with Gasteiger partial charge in [0.1, 0.15) is 0 Å². The molecule has 2 aromatic rings. The average molecular weight is 335 g/mol. The number of aromatic hydroxyl groups is 1. The van der Waals surface area contributed by atoms with E-state index in [0.29, 0.717) is 10.2 Å². The zero-order valence-electron chi connectivity index (χ0n) is 11.2. The van der Waals surface area contributed by atoms with Crippen LogP contribution >= 0.6 is 15.9 Å². The molecule has 2 N–H and O–H groups in total. The molecule has 0 aliphatic heterocycles. The molecule has 0 saturated carbocycles. The number of hydrogen-bond donors (Lipinski definition) is 2. The predicted molar refractivity (Wildman–Crippen MR) is 84.8 cm³/mol. The van der Waals surface area contributed by atoms with Crippen molar-refractivity contribution in [1.29, 1.82) is 0 Å². The number of ether oxygens (including phenoxy) is 1. The lowest BCUT2D eigenvalue weighted by molar-refractivity contribution is 0.372. The molecule has 0 radical (unpaired) electrons. The largest absolute Gasteiger partial charge is 0.503 e. The molecule has 2 rings (SSSR count). The molecule has 0 spiro atoms. The van der Waals surface area contributed by atoms with E-state index in [1.54, 1.807) is 18.3 Å². The molecule has 5 heteroatoms. The Balaban J connectivity index is 2.14. The first-order valence-electron chi connectivity index (χ1n) is 6.02. The molecular weight excluding hydrogens is 320 g/mol. The van der Waals surface area contributed by atoms with Gasteiger partial charge in [-0.2, -0.15) is 5.10 Å². The maximum absolute atomic E-state index is 9.72. The molecule has 2 aromatic carbocycles. The number of aryl methyl sites for hydroxylation is 1. The SMILES string of the molecule is COc1cc(/C=N/Nc2cccc(C)c2)cc(Br)c1O. The summed E-state index contributed by atoms with van der Waals surface area (Å²) in [5.41, 5.74) is 5.86. The lowest BCUT2D eigenvalue weighted by atomic mass is 10.2. The molecule has 0 fully saturated rings. The van der Waals surface area contributed by atoms with Crippen LogP contribution in [0.5, 0.6) is 11.5 Å².